The van der Waals surface area contributed by atoms with Crippen LogP contribution in [0.1, 0.15) is 18.1 Å². The van der Waals surface area contributed by atoms with E-state index in [0.717, 1.165) is 60.5 Å². The molecule has 0 amide bonds. The zero-order valence-electron chi connectivity index (χ0n) is 17.3. The van der Waals surface area contributed by atoms with Crippen molar-refractivity contribution in [3.8, 4) is 23.0 Å². The van der Waals surface area contributed by atoms with E-state index in [9.17, 15) is 0 Å². The lowest BCUT2D eigenvalue weighted by Crippen LogP contribution is -2.38. The summed E-state index contributed by atoms with van der Waals surface area (Å²) in [5, 5.41) is 6.67. The molecule has 0 spiro atoms. The van der Waals surface area contributed by atoms with Crippen molar-refractivity contribution < 1.29 is 18.9 Å². The van der Waals surface area contributed by atoms with Gasteiger partial charge in [-0.05, 0) is 55.2 Å². The molecule has 2 aromatic rings. The lowest BCUT2D eigenvalue weighted by atomic mass is 10.1. The lowest BCUT2D eigenvalue weighted by Gasteiger charge is -2.12. The smallest absolute Gasteiger partial charge is 0.231 e. The van der Waals surface area contributed by atoms with E-state index in [2.05, 4.69) is 28.6 Å². The Balaban J connectivity index is 1.50. The van der Waals surface area contributed by atoms with Gasteiger partial charge in [-0.3, -0.25) is 4.99 Å². The quantitative estimate of drug-likeness (QED) is 0.499. The van der Waals surface area contributed by atoms with Gasteiger partial charge >= 0.3 is 0 Å². The second kappa shape index (κ2) is 10.5. The summed E-state index contributed by atoms with van der Waals surface area (Å²) in [7, 11) is 3.28. The van der Waals surface area contributed by atoms with Crippen LogP contribution in [0.4, 0.5) is 0 Å². The molecule has 0 bridgehead atoms. The second-order valence-electron chi connectivity index (χ2n) is 6.56. The van der Waals surface area contributed by atoms with Gasteiger partial charge < -0.3 is 29.6 Å². The summed E-state index contributed by atoms with van der Waals surface area (Å²) in [4.78, 5) is 4.67. The fourth-order valence-electron chi connectivity index (χ4n) is 3.10. The van der Waals surface area contributed by atoms with Gasteiger partial charge in [0.15, 0.2) is 29.0 Å². The predicted octanol–water partition coefficient (Wildman–Crippen LogP) is 2.77. The van der Waals surface area contributed by atoms with E-state index in [-0.39, 0.29) is 0 Å². The molecule has 2 aromatic carbocycles. The molecule has 7 nitrogen and oxygen atoms in total. The molecule has 0 saturated carbocycles. The van der Waals surface area contributed by atoms with E-state index < -0.39 is 0 Å². The third-order valence-corrected chi connectivity index (χ3v) is 4.61. The van der Waals surface area contributed by atoms with Crippen LogP contribution in [-0.2, 0) is 12.8 Å². The van der Waals surface area contributed by atoms with E-state index in [0.29, 0.717) is 13.3 Å². The van der Waals surface area contributed by atoms with Crippen molar-refractivity contribution in [2.75, 3.05) is 40.6 Å². The summed E-state index contributed by atoms with van der Waals surface area (Å²) in [6.45, 7) is 4.63. The van der Waals surface area contributed by atoms with Gasteiger partial charge in [0, 0.05) is 19.6 Å². The van der Waals surface area contributed by atoms with E-state index in [1.807, 2.05) is 30.3 Å². The third kappa shape index (κ3) is 5.70. The lowest BCUT2D eigenvalue weighted by molar-refractivity contribution is 0.174. The largest absolute Gasteiger partial charge is 0.493 e. The van der Waals surface area contributed by atoms with Crippen LogP contribution in [-0.4, -0.2) is 46.6 Å². The summed E-state index contributed by atoms with van der Waals surface area (Å²) in [5.41, 5.74) is 2.35. The maximum atomic E-state index is 5.44. The molecule has 0 atom stereocenters. The minimum absolute atomic E-state index is 0.300. The number of nitrogens with one attached hydrogen (secondary N) is 2. The summed E-state index contributed by atoms with van der Waals surface area (Å²) < 4.78 is 21.4. The van der Waals surface area contributed by atoms with Crippen molar-refractivity contribution in [3.05, 3.63) is 47.5 Å². The maximum absolute atomic E-state index is 5.44. The van der Waals surface area contributed by atoms with Crippen LogP contribution in [0.2, 0.25) is 0 Å². The number of methoxy groups -OCH3 is 2. The van der Waals surface area contributed by atoms with Crippen molar-refractivity contribution in [1.82, 2.24) is 10.6 Å². The molecule has 0 aromatic heterocycles. The molecule has 2 N–H and O–H groups in total. The normalized spacial score (nSPS) is 12.6. The molecule has 1 heterocycles. The van der Waals surface area contributed by atoms with Crippen LogP contribution in [0.5, 0.6) is 23.0 Å². The second-order valence-corrected chi connectivity index (χ2v) is 6.56. The van der Waals surface area contributed by atoms with Gasteiger partial charge in [0.1, 0.15) is 0 Å². The maximum Gasteiger partial charge on any atom is 0.231 e. The molecule has 0 fully saturated rings. The predicted molar refractivity (Wildman–Crippen MR) is 114 cm³/mol. The van der Waals surface area contributed by atoms with Crippen molar-refractivity contribution in [2.45, 2.75) is 19.8 Å². The Morgan fingerprint density at radius 3 is 2.48 bits per heavy atom. The Labute approximate surface area is 172 Å². The van der Waals surface area contributed by atoms with Crippen LogP contribution in [0, 0.1) is 0 Å². The molecule has 0 radical (unpaired) electrons. The Morgan fingerprint density at radius 1 is 0.931 bits per heavy atom. The molecule has 0 unspecified atom stereocenters. The van der Waals surface area contributed by atoms with Gasteiger partial charge in [0.2, 0.25) is 6.79 Å². The van der Waals surface area contributed by atoms with E-state index >= 15 is 0 Å². The number of ether oxygens (including phenoxy) is 4. The Hall–Kier alpha value is -3.09. The highest BCUT2D eigenvalue weighted by atomic mass is 16.7. The number of rotatable bonds is 9. The summed E-state index contributed by atoms with van der Waals surface area (Å²) >= 11 is 0. The Bertz CT molecular complexity index is 839. The van der Waals surface area contributed by atoms with Crippen molar-refractivity contribution in [2.24, 2.45) is 4.99 Å². The van der Waals surface area contributed by atoms with Gasteiger partial charge in [0.25, 0.3) is 0 Å². The first-order valence-electron chi connectivity index (χ1n) is 9.85. The fraction of sp³-hybridized carbons (Fsp3) is 0.409. The van der Waals surface area contributed by atoms with Crippen LogP contribution >= 0.6 is 0 Å². The first-order chi connectivity index (χ1) is 14.2. The number of hydrogen-bond acceptors (Lipinski definition) is 5. The zero-order valence-corrected chi connectivity index (χ0v) is 17.3. The minimum atomic E-state index is 0.300. The van der Waals surface area contributed by atoms with Gasteiger partial charge in [-0.15, -0.1) is 0 Å². The highest BCUT2D eigenvalue weighted by molar-refractivity contribution is 5.79. The van der Waals surface area contributed by atoms with E-state index in [4.69, 9.17) is 18.9 Å². The van der Waals surface area contributed by atoms with Crippen LogP contribution in [0.15, 0.2) is 41.4 Å². The molecule has 1 aliphatic rings. The van der Waals surface area contributed by atoms with Crippen molar-refractivity contribution in [3.63, 3.8) is 0 Å². The standard InChI is InChI=1S/C22H29N3O4/c1-4-23-22(24-11-9-16-5-7-18(26-2)20(13-16)27-3)25-12-10-17-6-8-19-21(14-17)29-15-28-19/h5-8,13-14H,4,9-12,15H2,1-3H3,(H2,23,24,25). The number of fused-ring (bicyclic) bond motifs is 1. The number of benzene rings is 2. The monoisotopic (exact) mass is 399 g/mol. The van der Waals surface area contributed by atoms with E-state index in [1.54, 1.807) is 14.2 Å². The molecule has 0 aliphatic carbocycles. The molecule has 29 heavy (non-hydrogen) atoms. The van der Waals surface area contributed by atoms with Gasteiger partial charge in [-0.25, -0.2) is 0 Å². The van der Waals surface area contributed by atoms with Crippen LogP contribution < -0.4 is 29.6 Å². The number of aliphatic imine (C=N–C) groups is 1. The number of nitrogens with zero attached hydrogens (tertiary/aromatic N) is 1. The third-order valence-electron chi connectivity index (χ3n) is 4.61. The summed E-state index contributed by atoms with van der Waals surface area (Å²) in [6, 6.07) is 12.0. The first kappa shape index (κ1) is 20.6. The average Bonchev–Trinajstić information content (AvgIpc) is 3.21. The van der Waals surface area contributed by atoms with Gasteiger partial charge in [-0.2, -0.15) is 0 Å². The molecule has 0 saturated heterocycles. The SMILES string of the molecule is CCNC(=NCCc1ccc(OC)c(OC)c1)NCCc1ccc2c(c1)OCO2. The van der Waals surface area contributed by atoms with Crippen molar-refractivity contribution >= 4 is 5.96 Å². The number of guanidine groups is 1. The molecule has 1 aliphatic heterocycles. The Kier molecular flexibility index (Phi) is 7.44. The average molecular weight is 399 g/mol. The minimum Gasteiger partial charge on any atom is -0.493 e. The molecule has 156 valence electrons. The molecular weight excluding hydrogens is 370 g/mol. The van der Waals surface area contributed by atoms with Gasteiger partial charge in [0.05, 0.1) is 14.2 Å². The molecule has 7 heteroatoms. The fourth-order valence-corrected chi connectivity index (χ4v) is 3.10. The van der Waals surface area contributed by atoms with E-state index in [1.165, 1.54) is 5.56 Å². The zero-order chi connectivity index (χ0) is 20.5. The summed E-state index contributed by atoms with van der Waals surface area (Å²) in [5.74, 6) is 3.92. The number of hydrogen-bond donors (Lipinski definition) is 2. The van der Waals surface area contributed by atoms with Crippen molar-refractivity contribution in [1.29, 1.82) is 0 Å². The molecule has 3 rings (SSSR count). The first-order valence-corrected chi connectivity index (χ1v) is 9.85. The highest BCUT2D eigenvalue weighted by Gasteiger charge is 2.13. The van der Waals surface area contributed by atoms with Gasteiger partial charge in [-0.1, -0.05) is 12.1 Å². The van der Waals surface area contributed by atoms with Crippen LogP contribution in [0.3, 0.4) is 0 Å². The molecular formula is C22H29N3O4. The Morgan fingerprint density at radius 2 is 1.69 bits per heavy atom. The topological polar surface area (TPSA) is 73.3 Å². The summed E-state index contributed by atoms with van der Waals surface area (Å²) in [6.07, 6.45) is 1.69. The highest BCUT2D eigenvalue weighted by Crippen LogP contribution is 2.32. The van der Waals surface area contributed by atoms with Crippen LogP contribution in [0.25, 0.3) is 0 Å².